The molecule has 0 fully saturated rings. The van der Waals surface area contributed by atoms with Crippen LogP contribution in [0.1, 0.15) is 31.4 Å². The van der Waals surface area contributed by atoms with E-state index in [4.69, 9.17) is 5.73 Å². The highest BCUT2D eigenvalue weighted by molar-refractivity contribution is 9.10. The predicted octanol–water partition coefficient (Wildman–Crippen LogP) is 3.38. The number of phenolic OH excluding ortho intramolecular Hbond substituents is 1. The molecule has 0 aliphatic carbocycles. The van der Waals surface area contributed by atoms with Crippen molar-refractivity contribution in [1.29, 1.82) is 0 Å². The van der Waals surface area contributed by atoms with Crippen LogP contribution in [-0.2, 0) is 0 Å². The van der Waals surface area contributed by atoms with Gasteiger partial charge in [-0.1, -0.05) is 35.3 Å². The summed E-state index contributed by atoms with van der Waals surface area (Å²) < 4.78 is 0.873. The quantitative estimate of drug-likeness (QED) is 0.891. The molecule has 1 atom stereocenters. The van der Waals surface area contributed by atoms with Crippen LogP contribution in [0.3, 0.4) is 0 Å². The van der Waals surface area contributed by atoms with Gasteiger partial charge in [-0.15, -0.1) is 12.4 Å². The van der Waals surface area contributed by atoms with Crippen LogP contribution in [0.15, 0.2) is 22.7 Å². The first-order chi connectivity index (χ1) is 6.15. The Morgan fingerprint density at radius 2 is 2.14 bits per heavy atom. The van der Waals surface area contributed by atoms with Gasteiger partial charge < -0.3 is 10.8 Å². The summed E-state index contributed by atoms with van der Waals surface area (Å²) in [6, 6.07) is 5.37. The van der Waals surface area contributed by atoms with Crippen LogP contribution in [0.25, 0.3) is 0 Å². The molecule has 1 aromatic carbocycles. The summed E-state index contributed by atoms with van der Waals surface area (Å²) in [4.78, 5) is 0. The molecule has 0 saturated carbocycles. The lowest BCUT2D eigenvalue weighted by atomic mass is 10.0. The molecule has 0 unspecified atom stereocenters. The second kappa shape index (κ2) is 6.27. The van der Waals surface area contributed by atoms with Gasteiger partial charge in [-0.25, -0.2) is 0 Å². The highest BCUT2D eigenvalue weighted by atomic mass is 79.9. The van der Waals surface area contributed by atoms with Gasteiger partial charge in [0, 0.05) is 16.1 Å². The van der Waals surface area contributed by atoms with Crippen molar-refractivity contribution in [1.82, 2.24) is 0 Å². The molecular weight excluding hydrogens is 265 g/mol. The summed E-state index contributed by atoms with van der Waals surface area (Å²) in [6.45, 7) is 2.08. The molecule has 0 aliphatic rings. The van der Waals surface area contributed by atoms with Crippen LogP contribution in [0, 0.1) is 0 Å². The molecule has 0 heterocycles. The fourth-order valence-corrected chi connectivity index (χ4v) is 1.65. The third-order valence-corrected chi connectivity index (χ3v) is 2.48. The largest absolute Gasteiger partial charge is 0.508 e. The van der Waals surface area contributed by atoms with Gasteiger partial charge in [-0.2, -0.15) is 0 Å². The zero-order valence-corrected chi connectivity index (χ0v) is 10.4. The van der Waals surface area contributed by atoms with Gasteiger partial charge >= 0.3 is 0 Å². The van der Waals surface area contributed by atoms with E-state index < -0.39 is 0 Å². The summed E-state index contributed by atoms with van der Waals surface area (Å²) in [5.74, 6) is 0.273. The van der Waals surface area contributed by atoms with E-state index in [1.54, 1.807) is 6.07 Å². The average Bonchev–Trinajstić information content (AvgIpc) is 2.04. The lowest BCUT2D eigenvalue weighted by Crippen LogP contribution is -2.09. The number of halogens is 2. The maximum atomic E-state index is 9.58. The second-order valence-corrected chi connectivity index (χ2v) is 4.01. The Kier molecular flexibility index (Phi) is 6.16. The molecule has 0 amide bonds. The van der Waals surface area contributed by atoms with Crippen LogP contribution >= 0.6 is 28.3 Å². The first kappa shape index (κ1) is 13.8. The van der Waals surface area contributed by atoms with Crippen molar-refractivity contribution in [2.75, 3.05) is 0 Å². The molecule has 2 nitrogen and oxygen atoms in total. The molecule has 0 saturated heterocycles. The summed E-state index contributed by atoms with van der Waals surface area (Å²) in [5, 5.41) is 9.58. The highest BCUT2D eigenvalue weighted by Crippen LogP contribution is 2.28. The van der Waals surface area contributed by atoms with Crippen LogP contribution in [0.2, 0.25) is 0 Å². The van der Waals surface area contributed by atoms with Crippen molar-refractivity contribution >= 4 is 28.3 Å². The summed E-state index contributed by atoms with van der Waals surface area (Å²) in [5.41, 5.74) is 6.71. The lowest BCUT2D eigenvalue weighted by Gasteiger charge is -2.12. The minimum absolute atomic E-state index is 0. The Morgan fingerprint density at radius 3 is 2.64 bits per heavy atom. The standard InChI is InChI=1S/C10H14BrNO.ClH/c1-2-3-9(12)8-5-4-7(11)6-10(8)13;/h4-6,9,13H,2-3,12H2,1H3;1H/t9-;/m0./s1. The number of rotatable bonds is 3. The molecule has 0 spiro atoms. The normalized spacial score (nSPS) is 11.9. The van der Waals surface area contributed by atoms with Gasteiger partial charge in [0.1, 0.15) is 5.75 Å². The van der Waals surface area contributed by atoms with Crippen molar-refractivity contribution in [2.45, 2.75) is 25.8 Å². The molecule has 1 aromatic rings. The Balaban J connectivity index is 0.00000169. The molecule has 4 heteroatoms. The topological polar surface area (TPSA) is 46.2 Å². The molecule has 0 aliphatic heterocycles. The Bertz CT molecular complexity index is 293. The zero-order valence-electron chi connectivity index (χ0n) is 8.03. The summed E-state index contributed by atoms with van der Waals surface area (Å²) in [7, 11) is 0. The van der Waals surface area contributed by atoms with E-state index in [0.29, 0.717) is 0 Å². The van der Waals surface area contributed by atoms with Crippen LogP contribution < -0.4 is 5.73 Å². The monoisotopic (exact) mass is 279 g/mol. The van der Waals surface area contributed by atoms with Gasteiger partial charge in [0.15, 0.2) is 0 Å². The van der Waals surface area contributed by atoms with Crippen molar-refractivity contribution in [3.8, 4) is 5.75 Å². The van der Waals surface area contributed by atoms with E-state index in [9.17, 15) is 5.11 Å². The van der Waals surface area contributed by atoms with Crippen molar-refractivity contribution < 1.29 is 5.11 Å². The zero-order chi connectivity index (χ0) is 9.84. The second-order valence-electron chi connectivity index (χ2n) is 3.10. The van der Waals surface area contributed by atoms with Gasteiger partial charge in [-0.05, 0) is 18.6 Å². The molecule has 0 aromatic heterocycles. The first-order valence-electron chi connectivity index (χ1n) is 4.39. The maximum absolute atomic E-state index is 9.58. The SMILES string of the molecule is CCC[C@H](N)c1ccc(Br)cc1O.Cl. The number of phenols is 1. The van der Waals surface area contributed by atoms with Crippen molar-refractivity contribution in [3.05, 3.63) is 28.2 Å². The molecule has 14 heavy (non-hydrogen) atoms. The third kappa shape index (κ3) is 3.48. The first-order valence-corrected chi connectivity index (χ1v) is 5.18. The molecule has 80 valence electrons. The predicted molar refractivity (Wildman–Crippen MR) is 64.9 cm³/mol. The van der Waals surface area contributed by atoms with Crippen LogP contribution in [-0.4, -0.2) is 5.11 Å². The number of aromatic hydroxyl groups is 1. The molecule has 3 N–H and O–H groups in total. The third-order valence-electron chi connectivity index (χ3n) is 1.99. The van der Waals surface area contributed by atoms with Crippen molar-refractivity contribution in [2.24, 2.45) is 5.73 Å². The Labute approximate surface area is 99.0 Å². The van der Waals surface area contributed by atoms with Gasteiger partial charge in [0.05, 0.1) is 0 Å². The molecular formula is C10H15BrClNO. The minimum Gasteiger partial charge on any atom is -0.508 e. The summed E-state index contributed by atoms with van der Waals surface area (Å²) >= 11 is 3.28. The van der Waals surface area contributed by atoms with E-state index in [1.807, 2.05) is 12.1 Å². The number of hydrogen-bond donors (Lipinski definition) is 2. The van der Waals surface area contributed by atoms with E-state index in [1.165, 1.54) is 0 Å². The fourth-order valence-electron chi connectivity index (χ4n) is 1.30. The van der Waals surface area contributed by atoms with Crippen LogP contribution in [0.5, 0.6) is 5.75 Å². The van der Waals surface area contributed by atoms with Gasteiger partial charge in [-0.3, -0.25) is 0 Å². The van der Waals surface area contributed by atoms with E-state index in [-0.39, 0.29) is 24.2 Å². The van der Waals surface area contributed by atoms with E-state index in [2.05, 4.69) is 22.9 Å². The average molecular weight is 281 g/mol. The highest BCUT2D eigenvalue weighted by Gasteiger charge is 2.09. The number of nitrogens with two attached hydrogens (primary N) is 1. The molecule has 1 rings (SSSR count). The maximum Gasteiger partial charge on any atom is 0.121 e. The molecule has 0 bridgehead atoms. The van der Waals surface area contributed by atoms with Crippen molar-refractivity contribution in [3.63, 3.8) is 0 Å². The minimum atomic E-state index is -0.0573. The smallest absolute Gasteiger partial charge is 0.121 e. The van der Waals surface area contributed by atoms with E-state index in [0.717, 1.165) is 22.9 Å². The van der Waals surface area contributed by atoms with Crippen LogP contribution in [0.4, 0.5) is 0 Å². The number of hydrogen-bond acceptors (Lipinski definition) is 2. The number of benzene rings is 1. The lowest BCUT2D eigenvalue weighted by molar-refractivity contribution is 0.457. The van der Waals surface area contributed by atoms with Gasteiger partial charge in [0.25, 0.3) is 0 Å². The molecule has 0 radical (unpaired) electrons. The summed E-state index contributed by atoms with van der Waals surface area (Å²) in [6.07, 6.45) is 1.92. The Morgan fingerprint density at radius 1 is 1.50 bits per heavy atom. The Hall–Kier alpha value is -0.250. The fraction of sp³-hybridized carbons (Fsp3) is 0.400. The van der Waals surface area contributed by atoms with Gasteiger partial charge in [0.2, 0.25) is 0 Å². The van der Waals surface area contributed by atoms with E-state index >= 15 is 0 Å².